The normalized spacial score (nSPS) is 14.7. The fourth-order valence-electron chi connectivity index (χ4n) is 1.31. The third kappa shape index (κ3) is 6.05. The van der Waals surface area contributed by atoms with Crippen LogP contribution in [0.15, 0.2) is 34.3 Å². The minimum absolute atomic E-state index is 0.593. The number of nitrogens with zero attached hydrogens (tertiary/aromatic N) is 2. The van der Waals surface area contributed by atoms with E-state index in [0.717, 1.165) is 45.4 Å². The van der Waals surface area contributed by atoms with Gasteiger partial charge in [-0.25, -0.2) is 9.10 Å². The fourth-order valence-corrected chi connectivity index (χ4v) is 4.99. The molecule has 11 heteroatoms. The minimum Gasteiger partial charge on any atom is -0.296 e. The van der Waals surface area contributed by atoms with Crippen molar-refractivity contribution in [1.82, 2.24) is 4.31 Å². The van der Waals surface area contributed by atoms with E-state index in [2.05, 4.69) is 5.16 Å². The highest BCUT2D eigenvalue weighted by atomic mass is 33.1. The summed E-state index contributed by atoms with van der Waals surface area (Å²) >= 11 is 3.05. The third-order valence-electron chi connectivity index (χ3n) is 2.42. The smallest absolute Gasteiger partial charge is 0.296 e. The first-order valence-electron chi connectivity index (χ1n) is 6.16. The molecule has 1 heterocycles. The topological polar surface area (TPSA) is 41.9 Å². The number of thioether (sulfide) groups is 2. The lowest BCUT2D eigenvalue weighted by atomic mass is 10.2. The maximum Gasteiger partial charge on any atom is 0.446 e. The zero-order chi connectivity index (χ0) is 16.9. The summed E-state index contributed by atoms with van der Waals surface area (Å²) in [6.07, 6.45) is -5.00. The average molecular weight is 400 g/mol. The van der Waals surface area contributed by atoms with Crippen LogP contribution in [0.2, 0.25) is 0 Å². The van der Waals surface area contributed by atoms with Gasteiger partial charge in [-0.05, 0) is 35.1 Å². The molecule has 0 spiro atoms. The maximum absolute atomic E-state index is 12.5. The second-order valence-electron chi connectivity index (χ2n) is 4.09. The molecule has 0 unspecified atom stereocenters. The molecular weight excluding hydrogens is 389 g/mol. The Balaban J connectivity index is 1.80. The van der Waals surface area contributed by atoms with E-state index in [1.807, 2.05) is 0 Å². The number of carbonyl (C=O) groups excluding carboxylic acids is 1. The standard InChI is InChI=1S/C12H11F3N2O2S4/c1-17(11(18)19-16-10-20-6-7-21-10)23-22-9-4-2-8(3-5-9)12(13,14)15/h2-5H,6-7H2,1H3. The van der Waals surface area contributed by atoms with Crippen LogP contribution >= 0.6 is 45.3 Å². The molecular formula is C12H11F3N2O2S4. The van der Waals surface area contributed by atoms with Gasteiger partial charge in [0.05, 0.1) is 5.56 Å². The van der Waals surface area contributed by atoms with Crippen molar-refractivity contribution in [2.75, 3.05) is 18.6 Å². The second kappa shape index (κ2) is 8.45. The SMILES string of the molecule is CN(SSc1ccc(C(F)(F)F)cc1)C(=O)ON=C1SCCS1. The van der Waals surface area contributed by atoms with Crippen LogP contribution in [-0.2, 0) is 11.0 Å². The molecule has 0 saturated carbocycles. The Morgan fingerprint density at radius 3 is 2.43 bits per heavy atom. The number of hydrogen-bond acceptors (Lipinski definition) is 7. The van der Waals surface area contributed by atoms with Gasteiger partial charge in [0.25, 0.3) is 0 Å². The van der Waals surface area contributed by atoms with Crippen LogP contribution in [0.5, 0.6) is 0 Å². The van der Waals surface area contributed by atoms with Crippen LogP contribution in [0.4, 0.5) is 18.0 Å². The van der Waals surface area contributed by atoms with E-state index in [-0.39, 0.29) is 0 Å². The van der Waals surface area contributed by atoms with Crippen LogP contribution in [-0.4, -0.2) is 33.3 Å². The Bertz CT molecular complexity index is 573. The summed E-state index contributed by atoms with van der Waals surface area (Å²) in [6, 6.07) is 4.71. The van der Waals surface area contributed by atoms with Crippen LogP contribution in [0.25, 0.3) is 0 Å². The van der Waals surface area contributed by atoms with Crippen molar-refractivity contribution >= 4 is 55.8 Å². The predicted molar refractivity (Wildman–Crippen MR) is 91.5 cm³/mol. The van der Waals surface area contributed by atoms with Crippen molar-refractivity contribution in [2.24, 2.45) is 5.16 Å². The van der Waals surface area contributed by atoms with E-state index in [1.165, 1.54) is 47.0 Å². The molecule has 1 aromatic carbocycles. The molecule has 1 aliphatic heterocycles. The Labute approximate surface area is 147 Å². The molecule has 0 bridgehead atoms. The number of benzene rings is 1. The van der Waals surface area contributed by atoms with Crippen molar-refractivity contribution in [3.63, 3.8) is 0 Å². The van der Waals surface area contributed by atoms with Gasteiger partial charge in [0, 0.05) is 34.4 Å². The van der Waals surface area contributed by atoms with Gasteiger partial charge in [-0.3, -0.25) is 4.84 Å². The van der Waals surface area contributed by atoms with Crippen molar-refractivity contribution in [3.8, 4) is 0 Å². The van der Waals surface area contributed by atoms with Crippen LogP contribution in [0.3, 0.4) is 0 Å². The van der Waals surface area contributed by atoms with E-state index in [9.17, 15) is 18.0 Å². The van der Waals surface area contributed by atoms with E-state index in [0.29, 0.717) is 9.27 Å². The number of oxime groups is 1. The number of halogens is 3. The van der Waals surface area contributed by atoms with Crippen LogP contribution in [0, 0.1) is 0 Å². The summed E-state index contributed by atoms with van der Waals surface area (Å²) in [7, 11) is 3.69. The fraction of sp³-hybridized carbons (Fsp3) is 0.333. The van der Waals surface area contributed by atoms with E-state index >= 15 is 0 Å². The molecule has 4 nitrogen and oxygen atoms in total. The largest absolute Gasteiger partial charge is 0.446 e. The summed E-state index contributed by atoms with van der Waals surface area (Å²) in [5, 5.41) is 3.74. The molecule has 23 heavy (non-hydrogen) atoms. The highest BCUT2D eigenvalue weighted by Crippen LogP contribution is 2.36. The molecule has 0 aromatic heterocycles. The van der Waals surface area contributed by atoms with Gasteiger partial charge in [0.1, 0.15) is 0 Å². The summed E-state index contributed by atoms with van der Waals surface area (Å²) in [5.41, 5.74) is -0.706. The van der Waals surface area contributed by atoms with Crippen molar-refractivity contribution < 1.29 is 22.8 Å². The van der Waals surface area contributed by atoms with Crippen LogP contribution < -0.4 is 0 Å². The lowest BCUT2D eigenvalue weighted by Crippen LogP contribution is -2.17. The zero-order valence-electron chi connectivity index (χ0n) is 11.7. The number of amides is 1. The van der Waals surface area contributed by atoms with Crippen molar-refractivity contribution in [2.45, 2.75) is 11.1 Å². The summed E-state index contributed by atoms with van der Waals surface area (Å²) in [6.45, 7) is 0. The first kappa shape index (κ1) is 18.7. The number of carbonyl (C=O) groups is 1. The molecule has 2 rings (SSSR count). The van der Waals surface area contributed by atoms with Crippen LogP contribution in [0.1, 0.15) is 5.56 Å². The summed E-state index contributed by atoms with van der Waals surface area (Å²) < 4.78 is 39.3. The Morgan fingerprint density at radius 2 is 1.87 bits per heavy atom. The average Bonchev–Trinajstić information content (AvgIpc) is 3.03. The molecule has 0 radical (unpaired) electrons. The first-order valence-corrected chi connectivity index (χ1v) is 10.2. The molecule has 1 amide bonds. The molecule has 0 aliphatic carbocycles. The monoisotopic (exact) mass is 400 g/mol. The van der Waals surface area contributed by atoms with Gasteiger partial charge < -0.3 is 0 Å². The molecule has 0 N–H and O–H groups in total. The Morgan fingerprint density at radius 1 is 1.26 bits per heavy atom. The van der Waals surface area contributed by atoms with Gasteiger partial charge in [0.2, 0.25) is 0 Å². The molecule has 0 atom stereocenters. The first-order chi connectivity index (χ1) is 10.9. The van der Waals surface area contributed by atoms with Crippen molar-refractivity contribution in [1.29, 1.82) is 0 Å². The molecule has 1 fully saturated rings. The van der Waals surface area contributed by atoms with Gasteiger partial charge >= 0.3 is 12.3 Å². The zero-order valence-corrected chi connectivity index (χ0v) is 15.0. The third-order valence-corrected chi connectivity index (χ3v) is 7.23. The number of rotatable bonds is 4. The maximum atomic E-state index is 12.5. The van der Waals surface area contributed by atoms with Gasteiger partial charge in [0.15, 0.2) is 4.38 Å². The minimum atomic E-state index is -4.35. The molecule has 1 aliphatic rings. The van der Waals surface area contributed by atoms with Gasteiger partial charge in [-0.1, -0.05) is 28.7 Å². The highest BCUT2D eigenvalue weighted by Gasteiger charge is 2.30. The highest BCUT2D eigenvalue weighted by molar-refractivity contribution is 8.75. The lowest BCUT2D eigenvalue weighted by molar-refractivity contribution is -0.137. The van der Waals surface area contributed by atoms with Gasteiger partial charge in [-0.2, -0.15) is 13.2 Å². The lowest BCUT2D eigenvalue weighted by Gasteiger charge is -2.12. The molecule has 126 valence electrons. The summed E-state index contributed by atoms with van der Waals surface area (Å²) in [5.74, 6) is 1.88. The number of hydrogen-bond donors (Lipinski definition) is 0. The number of alkyl halides is 3. The Kier molecular flexibility index (Phi) is 6.86. The van der Waals surface area contributed by atoms with E-state index in [1.54, 1.807) is 0 Å². The predicted octanol–water partition coefficient (Wildman–Crippen LogP) is 5.18. The van der Waals surface area contributed by atoms with Crippen molar-refractivity contribution in [3.05, 3.63) is 29.8 Å². The Hall–Kier alpha value is -0.650. The molecule has 1 aromatic rings. The molecule has 1 saturated heterocycles. The summed E-state index contributed by atoms with van der Waals surface area (Å²) in [4.78, 5) is 17.1. The quantitative estimate of drug-likeness (QED) is 0.300. The second-order valence-corrected chi connectivity index (χ2v) is 8.80. The van der Waals surface area contributed by atoms with E-state index in [4.69, 9.17) is 4.84 Å². The van der Waals surface area contributed by atoms with Gasteiger partial charge in [-0.15, -0.1) is 0 Å². The van der Waals surface area contributed by atoms with E-state index < -0.39 is 17.8 Å².